The van der Waals surface area contributed by atoms with Gasteiger partial charge >= 0.3 is 0 Å². The highest BCUT2D eigenvalue weighted by atomic mass is 16.5. The molecule has 1 heterocycles. The van der Waals surface area contributed by atoms with Crippen LogP contribution >= 0.6 is 0 Å². The molecule has 0 bridgehead atoms. The van der Waals surface area contributed by atoms with Crippen molar-refractivity contribution in [3.8, 4) is 5.75 Å². The molecule has 1 aromatic rings. The Morgan fingerprint density at radius 2 is 1.84 bits per heavy atom. The lowest BCUT2D eigenvalue weighted by Crippen LogP contribution is -2.55. The monoisotopic (exact) mass is 262 g/mol. The number of nitrogens with one attached hydrogen (secondary N) is 1. The van der Waals surface area contributed by atoms with E-state index in [-0.39, 0.29) is 5.91 Å². The Morgan fingerprint density at radius 3 is 2.37 bits per heavy atom. The van der Waals surface area contributed by atoms with Gasteiger partial charge < -0.3 is 15.0 Å². The lowest BCUT2D eigenvalue weighted by Gasteiger charge is -2.36. The molecular formula is C15H22N2O2. The van der Waals surface area contributed by atoms with E-state index in [1.807, 2.05) is 36.1 Å². The molecule has 2 atom stereocenters. The van der Waals surface area contributed by atoms with E-state index in [1.165, 1.54) is 0 Å². The van der Waals surface area contributed by atoms with Crippen molar-refractivity contribution >= 4 is 5.91 Å². The molecule has 4 heteroatoms. The van der Waals surface area contributed by atoms with Crippen LogP contribution in [-0.4, -0.2) is 42.6 Å². The summed E-state index contributed by atoms with van der Waals surface area (Å²) in [5.41, 5.74) is 0.727. The van der Waals surface area contributed by atoms with Crippen molar-refractivity contribution in [1.82, 2.24) is 10.2 Å². The summed E-state index contributed by atoms with van der Waals surface area (Å²) >= 11 is 0. The minimum Gasteiger partial charge on any atom is -0.494 e. The highest BCUT2D eigenvalue weighted by Crippen LogP contribution is 2.15. The molecule has 2 unspecified atom stereocenters. The highest BCUT2D eigenvalue weighted by molar-refractivity contribution is 5.94. The minimum atomic E-state index is 0.100. The Hall–Kier alpha value is -1.55. The first-order valence-electron chi connectivity index (χ1n) is 6.88. The zero-order valence-corrected chi connectivity index (χ0v) is 11.8. The van der Waals surface area contributed by atoms with Gasteiger partial charge in [-0.2, -0.15) is 0 Å². The molecule has 1 aliphatic heterocycles. The van der Waals surface area contributed by atoms with Crippen LogP contribution in [0.3, 0.4) is 0 Å². The van der Waals surface area contributed by atoms with Crippen molar-refractivity contribution < 1.29 is 9.53 Å². The lowest BCUT2D eigenvalue weighted by atomic mass is 10.1. The van der Waals surface area contributed by atoms with Crippen molar-refractivity contribution in [2.45, 2.75) is 32.9 Å². The van der Waals surface area contributed by atoms with E-state index in [4.69, 9.17) is 4.74 Å². The largest absolute Gasteiger partial charge is 0.494 e. The maximum atomic E-state index is 12.4. The molecule has 0 radical (unpaired) electrons. The Labute approximate surface area is 114 Å². The van der Waals surface area contributed by atoms with Crippen LogP contribution in [0.5, 0.6) is 5.75 Å². The number of benzene rings is 1. The van der Waals surface area contributed by atoms with Crippen molar-refractivity contribution in [1.29, 1.82) is 0 Å². The Kier molecular flexibility index (Phi) is 4.43. The van der Waals surface area contributed by atoms with Gasteiger partial charge in [-0.1, -0.05) is 0 Å². The van der Waals surface area contributed by atoms with Crippen LogP contribution in [0.1, 0.15) is 31.1 Å². The third-order valence-electron chi connectivity index (χ3n) is 3.26. The van der Waals surface area contributed by atoms with Crippen LogP contribution < -0.4 is 10.1 Å². The summed E-state index contributed by atoms with van der Waals surface area (Å²) in [6.07, 6.45) is 0. The van der Waals surface area contributed by atoms with Gasteiger partial charge in [-0.25, -0.2) is 0 Å². The Balaban J connectivity index is 2.06. The average Bonchev–Trinajstić information content (AvgIpc) is 2.38. The molecule has 0 aliphatic carbocycles. The summed E-state index contributed by atoms with van der Waals surface area (Å²) in [4.78, 5) is 14.3. The van der Waals surface area contributed by atoms with Gasteiger partial charge in [-0.05, 0) is 45.0 Å². The SMILES string of the molecule is CCOc1ccc(C(=O)N2CC(C)NC(C)C2)cc1. The molecule has 0 spiro atoms. The molecular weight excluding hydrogens is 240 g/mol. The second-order valence-corrected chi connectivity index (χ2v) is 5.14. The second kappa shape index (κ2) is 6.06. The molecule has 1 aliphatic rings. The van der Waals surface area contributed by atoms with Crippen LogP contribution in [0.15, 0.2) is 24.3 Å². The molecule has 1 amide bonds. The predicted octanol–water partition coefficient (Wildman–Crippen LogP) is 1.91. The molecule has 0 saturated carbocycles. The molecule has 1 saturated heterocycles. The summed E-state index contributed by atoms with van der Waals surface area (Å²) in [5.74, 6) is 0.907. The van der Waals surface area contributed by atoms with Crippen molar-refractivity contribution in [3.05, 3.63) is 29.8 Å². The third kappa shape index (κ3) is 3.47. The van der Waals surface area contributed by atoms with E-state index in [2.05, 4.69) is 19.2 Å². The number of amides is 1. The number of hydrogen-bond donors (Lipinski definition) is 1. The van der Waals surface area contributed by atoms with Crippen LogP contribution in [0, 0.1) is 0 Å². The van der Waals surface area contributed by atoms with Crippen molar-refractivity contribution in [2.24, 2.45) is 0 Å². The quantitative estimate of drug-likeness (QED) is 0.904. The molecule has 1 N–H and O–H groups in total. The summed E-state index contributed by atoms with van der Waals surface area (Å²) in [7, 11) is 0. The van der Waals surface area contributed by atoms with Crippen LogP contribution in [0.4, 0.5) is 0 Å². The Bertz CT molecular complexity index is 420. The molecule has 1 fully saturated rings. The van der Waals surface area contributed by atoms with E-state index in [9.17, 15) is 4.79 Å². The van der Waals surface area contributed by atoms with E-state index in [0.29, 0.717) is 18.7 Å². The summed E-state index contributed by atoms with van der Waals surface area (Å²) in [6.45, 7) is 8.32. The van der Waals surface area contributed by atoms with Crippen LogP contribution in [0.25, 0.3) is 0 Å². The van der Waals surface area contributed by atoms with E-state index < -0.39 is 0 Å². The first kappa shape index (κ1) is 13.9. The minimum absolute atomic E-state index is 0.100. The van der Waals surface area contributed by atoms with Gasteiger partial charge in [0.05, 0.1) is 6.61 Å². The first-order chi connectivity index (χ1) is 9.10. The number of piperazine rings is 1. The third-order valence-corrected chi connectivity index (χ3v) is 3.26. The number of rotatable bonds is 3. The molecule has 2 rings (SSSR count). The summed E-state index contributed by atoms with van der Waals surface area (Å²) < 4.78 is 5.39. The van der Waals surface area contributed by atoms with Crippen LogP contribution in [-0.2, 0) is 0 Å². The summed E-state index contributed by atoms with van der Waals surface area (Å²) in [6, 6.07) is 8.07. The Morgan fingerprint density at radius 1 is 1.26 bits per heavy atom. The zero-order valence-electron chi connectivity index (χ0n) is 11.8. The predicted molar refractivity (Wildman–Crippen MR) is 75.6 cm³/mol. The fourth-order valence-corrected chi connectivity index (χ4v) is 2.54. The summed E-state index contributed by atoms with van der Waals surface area (Å²) in [5, 5.41) is 3.43. The molecule has 1 aromatic carbocycles. The van der Waals surface area contributed by atoms with Crippen molar-refractivity contribution in [2.75, 3.05) is 19.7 Å². The van der Waals surface area contributed by atoms with E-state index in [1.54, 1.807) is 0 Å². The lowest BCUT2D eigenvalue weighted by molar-refractivity contribution is 0.0674. The van der Waals surface area contributed by atoms with Gasteiger partial charge in [-0.15, -0.1) is 0 Å². The number of nitrogens with zero attached hydrogens (tertiary/aromatic N) is 1. The molecule has 0 aromatic heterocycles. The van der Waals surface area contributed by atoms with E-state index in [0.717, 1.165) is 24.4 Å². The maximum Gasteiger partial charge on any atom is 0.253 e. The van der Waals surface area contributed by atoms with Gasteiger partial charge in [0.25, 0.3) is 5.91 Å². The second-order valence-electron chi connectivity index (χ2n) is 5.14. The standard InChI is InChI=1S/C15H22N2O2/c1-4-19-14-7-5-13(6-8-14)15(18)17-9-11(2)16-12(3)10-17/h5-8,11-12,16H,4,9-10H2,1-3H3. The normalized spacial score (nSPS) is 23.2. The fourth-order valence-electron chi connectivity index (χ4n) is 2.54. The van der Waals surface area contributed by atoms with Gasteiger partial charge in [0, 0.05) is 30.7 Å². The number of hydrogen-bond acceptors (Lipinski definition) is 3. The first-order valence-corrected chi connectivity index (χ1v) is 6.88. The number of ether oxygens (including phenoxy) is 1. The highest BCUT2D eigenvalue weighted by Gasteiger charge is 2.25. The van der Waals surface area contributed by atoms with Crippen LogP contribution in [0.2, 0.25) is 0 Å². The molecule has 19 heavy (non-hydrogen) atoms. The molecule has 104 valence electrons. The number of carbonyl (C=O) groups excluding carboxylic acids is 1. The molecule has 4 nitrogen and oxygen atoms in total. The zero-order chi connectivity index (χ0) is 13.8. The van der Waals surface area contributed by atoms with Gasteiger partial charge in [0.2, 0.25) is 0 Å². The van der Waals surface area contributed by atoms with E-state index >= 15 is 0 Å². The maximum absolute atomic E-state index is 12.4. The van der Waals surface area contributed by atoms with Gasteiger partial charge in [-0.3, -0.25) is 4.79 Å². The average molecular weight is 262 g/mol. The number of carbonyl (C=O) groups is 1. The fraction of sp³-hybridized carbons (Fsp3) is 0.533. The topological polar surface area (TPSA) is 41.6 Å². The van der Waals surface area contributed by atoms with Crippen molar-refractivity contribution in [3.63, 3.8) is 0 Å². The van der Waals surface area contributed by atoms with Gasteiger partial charge in [0.15, 0.2) is 0 Å². The smallest absolute Gasteiger partial charge is 0.253 e. The van der Waals surface area contributed by atoms with Gasteiger partial charge in [0.1, 0.15) is 5.75 Å².